The molecule has 0 aromatic heterocycles. The second kappa shape index (κ2) is 5.14. The van der Waals surface area contributed by atoms with Crippen molar-refractivity contribution in [3.63, 3.8) is 0 Å². The number of benzene rings is 1. The first kappa shape index (κ1) is 12.0. The lowest BCUT2D eigenvalue weighted by Gasteiger charge is -2.12. The van der Waals surface area contributed by atoms with E-state index in [-0.39, 0.29) is 17.7 Å². The quantitative estimate of drug-likeness (QED) is 0.807. The summed E-state index contributed by atoms with van der Waals surface area (Å²) in [7, 11) is 1.57. The first-order chi connectivity index (χ1) is 7.10. The van der Waals surface area contributed by atoms with Crippen molar-refractivity contribution in [1.29, 1.82) is 0 Å². The normalized spacial score (nSPS) is 12.9. The molecule has 2 nitrogen and oxygen atoms in total. The zero-order valence-corrected chi connectivity index (χ0v) is 8.23. The van der Waals surface area contributed by atoms with Crippen molar-refractivity contribution in [2.75, 3.05) is 13.6 Å². The molecule has 0 radical (unpaired) electrons. The van der Waals surface area contributed by atoms with E-state index in [2.05, 4.69) is 5.32 Å². The number of hydrogen-bond donors (Lipinski definition) is 2. The molecule has 84 valence electrons. The molecule has 5 heteroatoms. The van der Waals surface area contributed by atoms with Crippen LogP contribution in [0, 0.1) is 11.6 Å². The molecule has 2 N–H and O–H groups in total. The molecule has 1 aromatic carbocycles. The van der Waals surface area contributed by atoms with Crippen LogP contribution in [0.1, 0.15) is 17.2 Å². The zero-order chi connectivity index (χ0) is 11.4. The van der Waals surface area contributed by atoms with E-state index in [1.54, 1.807) is 7.05 Å². The van der Waals surface area contributed by atoms with Crippen molar-refractivity contribution in [3.8, 4) is 0 Å². The maximum Gasteiger partial charge on any atom is 0.164 e. The van der Waals surface area contributed by atoms with Gasteiger partial charge in [-0.2, -0.15) is 0 Å². The third kappa shape index (κ3) is 2.70. The van der Waals surface area contributed by atoms with Gasteiger partial charge in [0.2, 0.25) is 0 Å². The van der Waals surface area contributed by atoms with Crippen molar-refractivity contribution in [1.82, 2.24) is 5.32 Å². The Kier molecular flexibility index (Phi) is 4.11. The first-order valence-electron chi connectivity index (χ1n) is 4.46. The standard InChI is InChI=1S/C10H12F3NO/c1-14-5-9(15)7-2-6(4-11)3-8(12)10(7)13/h2-3,9,14-15H,4-5H2,1H3. The number of nitrogens with one attached hydrogen (secondary N) is 1. The van der Waals surface area contributed by atoms with Crippen molar-refractivity contribution < 1.29 is 18.3 Å². The number of alkyl halides is 1. The molecular weight excluding hydrogens is 207 g/mol. The lowest BCUT2D eigenvalue weighted by molar-refractivity contribution is 0.171. The van der Waals surface area contributed by atoms with Gasteiger partial charge in [-0.15, -0.1) is 0 Å². The van der Waals surface area contributed by atoms with Crippen LogP contribution in [0.2, 0.25) is 0 Å². The van der Waals surface area contributed by atoms with Crippen LogP contribution >= 0.6 is 0 Å². The third-order valence-corrected chi connectivity index (χ3v) is 2.03. The summed E-state index contributed by atoms with van der Waals surface area (Å²) >= 11 is 0. The van der Waals surface area contributed by atoms with Crippen LogP contribution in [0.25, 0.3) is 0 Å². The highest BCUT2D eigenvalue weighted by Crippen LogP contribution is 2.21. The SMILES string of the molecule is CNCC(O)c1cc(CF)cc(F)c1F. The molecule has 15 heavy (non-hydrogen) atoms. The van der Waals surface area contributed by atoms with Gasteiger partial charge < -0.3 is 10.4 Å². The molecule has 0 heterocycles. The monoisotopic (exact) mass is 219 g/mol. The summed E-state index contributed by atoms with van der Waals surface area (Å²) in [6.45, 7) is -0.817. The Hall–Kier alpha value is -1.07. The van der Waals surface area contributed by atoms with Crippen molar-refractivity contribution >= 4 is 0 Å². The summed E-state index contributed by atoms with van der Waals surface area (Å²) in [4.78, 5) is 0. The molecule has 0 saturated carbocycles. The second-order valence-electron chi connectivity index (χ2n) is 3.19. The van der Waals surface area contributed by atoms with Crippen LogP contribution in [-0.4, -0.2) is 18.7 Å². The minimum Gasteiger partial charge on any atom is -0.387 e. The van der Waals surface area contributed by atoms with Crippen LogP contribution in [-0.2, 0) is 6.67 Å². The van der Waals surface area contributed by atoms with Gasteiger partial charge in [0.25, 0.3) is 0 Å². The molecule has 1 unspecified atom stereocenters. The first-order valence-corrected chi connectivity index (χ1v) is 4.46. The Morgan fingerprint density at radius 1 is 1.40 bits per heavy atom. The third-order valence-electron chi connectivity index (χ3n) is 2.03. The fraction of sp³-hybridized carbons (Fsp3) is 0.400. The van der Waals surface area contributed by atoms with Crippen LogP contribution in [0.15, 0.2) is 12.1 Å². The molecular formula is C10H12F3NO. The molecule has 1 rings (SSSR count). The van der Waals surface area contributed by atoms with E-state index in [4.69, 9.17) is 0 Å². The molecule has 0 amide bonds. The van der Waals surface area contributed by atoms with Gasteiger partial charge in [0.15, 0.2) is 11.6 Å². The van der Waals surface area contributed by atoms with E-state index < -0.39 is 24.4 Å². The molecule has 0 aliphatic rings. The van der Waals surface area contributed by atoms with Gasteiger partial charge >= 0.3 is 0 Å². The number of aliphatic hydroxyl groups excluding tert-OH is 1. The van der Waals surface area contributed by atoms with Gasteiger partial charge in [-0.1, -0.05) is 0 Å². The van der Waals surface area contributed by atoms with Crippen LogP contribution in [0.4, 0.5) is 13.2 Å². The fourth-order valence-electron chi connectivity index (χ4n) is 1.29. The highest BCUT2D eigenvalue weighted by atomic mass is 19.2. The Morgan fingerprint density at radius 2 is 2.07 bits per heavy atom. The molecule has 0 fully saturated rings. The van der Waals surface area contributed by atoms with E-state index >= 15 is 0 Å². The fourth-order valence-corrected chi connectivity index (χ4v) is 1.29. The summed E-state index contributed by atoms with van der Waals surface area (Å²) in [5.41, 5.74) is -0.212. The van der Waals surface area contributed by atoms with Crippen molar-refractivity contribution in [2.24, 2.45) is 0 Å². The van der Waals surface area contributed by atoms with Gasteiger partial charge in [-0.05, 0) is 24.7 Å². The number of rotatable bonds is 4. The molecule has 0 aliphatic heterocycles. The van der Waals surface area contributed by atoms with Gasteiger partial charge in [0.05, 0.1) is 6.10 Å². The van der Waals surface area contributed by atoms with Gasteiger partial charge in [0.1, 0.15) is 6.67 Å². The predicted molar refractivity (Wildman–Crippen MR) is 50.1 cm³/mol. The minimum absolute atomic E-state index is 0.0130. The van der Waals surface area contributed by atoms with Crippen LogP contribution in [0.3, 0.4) is 0 Å². The Balaban J connectivity index is 3.09. The highest BCUT2D eigenvalue weighted by Gasteiger charge is 2.17. The van der Waals surface area contributed by atoms with Gasteiger partial charge in [0, 0.05) is 12.1 Å². The smallest absolute Gasteiger partial charge is 0.164 e. The average Bonchev–Trinajstić information content (AvgIpc) is 2.22. The number of halogens is 3. The lowest BCUT2D eigenvalue weighted by atomic mass is 10.1. The maximum absolute atomic E-state index is 13.2. The van der Waals surface area contributed by atoms with E-state index in [1.807, 2.05) is 0 Å². The number of likely N-dealkylation sites (N-methyl/N-ethyl adjacent to an activating group) is 1. The van der Waals surface area contributed by atoms with Gasteiger partial charge in [-0.25, -0.2) is 13.2 Å². The van der Waals surface area contributed by atoms with E-state index in [0.29, 0.717) is 0 Å². The van der Waals surface area contributed by atoms with Crippen LogP contribution in [0.5, 0.6) is 0 Å². The number of hydrogen-bond acceptors (Lipinski definition) is 2. The zero-order valence-electron chi connectivity index (χ0n) is 8.23. The molecule has 1 atom stereocenters. The molecule has 0 aliphatic carbocycles. The molecule has 0 bridgehead atoms. The second-order valence-corrected chi connectivity index (χ2v) is 3.19. The minimum atomic E-state index is -1.18. The topological polar surface area (TPSA) is 32.3 Å². The highest BCUT2D eigenvalue weighted by molar-refractivity contribution is 5.28. The summed E-state index contributed by atoms with van der Waals surface area (Å²) in [6, 6.07) is 1.91. The van der Waals surface area contributed by atoms with E-state index in [1.165, 1.54) is 0 Å². The van der Waals surface area contributed by atoms with E-state index in [0.717, 1.165) is 12.1 Å². The van der Waals surface area contributed by atoms with E-state index in [9.17, 15) is 18.3 Å². The van der Waals surface area contributed by atoms with Crippen LogP contribution < -0.4 is 5.32 Å². The van der Waals surface area contributed by atoms with Crippen molar-refractivity contribution in [3.05, 3.63) is 34.9 Å². The summed E-state index contributed by atoms with van der Waals surface area (Å²) in [6.07, 6.45) is -1.18. The predicted octanol–water partition coefficient (Wildman–Crippen LogP) is 1.69. The Bertz CT molecular complexity index is 344. The maximum atomic E-state index is 13.2. The Morgan fingerprint density at radius 3 is 2.60 bits per heavy atom. The van der Waals surface area contributed by atoms with Gasteiger partial charge in [-0.3, -0.25) is 0 Å². The van der Waals surface area contributed by atoms with Crippen molar-refractivity contribution in [2.45, 2.75) is 12.8 Å². The summed E-state index contributed by atoms with van der Waals surface area (Å²) < 4.78 is 38.4. The summed E-state index contributed by atoms with van der Waals surface area (Å²) in [5, 5.41) is 12.1. The molecule has 0 spiro atoms. The largest absolute Gasteiger partial charge is 0.387 e. The lowest BCUT2D eigenvalue weighted by Crippen LogP contribution is -2.18. The molecule has 1 aromatic rings. The average molecular weight is 219 g/mol. The Labute approximate surface area is 85.7 Å². The summed E-state index contributed by atoms with van der Waals surface area (Å²) in [5.74, 6) is -2.27. The number of aliphatic hydroxyl groups is 1. The molecule has 0 saturated heterocycles.